The van der Waals surface area contributed by atoms with Gasteiger partial charge in [0.2, 0.25) is 5.89 Å². The van der Waals surface area contributed by atoms with Crippen molar-refractivity contribution in [1.29, 1.82) is 5.26 Å². The Hall–Kier alpha value is -2.46. The molecule has 1 aliphatic heterocycles. The molecule has 0 amide bonds. The summed E-state index contributed by atoms with van der Waals surface area (Å²) in [7, 11) is 0. The molecule has 1 N–H and O–H groups in total. The number of aromatic nitrogens is 3. The van der Waals surface area contributed by atoms with E-state index in [1.807, 2.05) is 6.07 Å². The summed E-state index contributed by atoms with van der Waals surface area (Å²) in [6.07, 6.45) is 4.59. The second-order valence-electron chi connectivity index (χ2n) is 6.17. The summed E-state index contributed by atoms with van der Waals surface area (Å²) in [5.41, 5.74) is 0.579. The highest BCUT2D eigenvalue weighted by molar-refractivity contribution is 5.38. The van der Waals surface area contributed by atoms with Gasteiger partial charge in [-0.25, -0.2) is 4.98 Å². The zero-order chi connectivity index (χ0) is 16.8. The van der Waals surface area contributed by atoms with Gasteiger partial charge in [-0.2, -0.15) is 10.2 Å². The molecule has 1 saturated heterocycles. The summed E-state index contributed by atoms with van der Waals surface area (Å²) >= 11 is 0. The van der Waals surface area contributed by atoms with Crippen LogP contribution in [0.1, 0.15) is 37.0 Å². The first-order valence-electron chi connectivity index (χ1n) is 8.40. The maximum Gasteiger partial charge on any atom is 0.226 e. The van der Waals surface area contributed by atoms with E-state index in [9.17, 15) is 0 Å². The Kier molecular flexibility index (Phi) is 5.39. The zero-order valence-electron chi connectivity index (χ0n) is 13.9. The van der Waals surface area contributed by atoms with Crippen molar-refractivity contribution < 1.29 is 4.52 Å². The van der Waals surface area contributed by atoms with Gasteiger partial charge in [-0.05, 0) is 37.4 Å². The molecule has 0 aromatic carbocycles. The Balaban J connectivity index is 1.43. The Morgan fingerprint density at radius 1 is 1.46 bits per heavy atom. The number of nitrogens with zero attached hydrogens (tertiary/aromatic N) is 5. The topological polar surface area (TPSA) is 90.9 Å². The van der Waals surface area contributed by atoms with E-state index >= 15 is 0 Å². The average Bonchev–Trinajstić information content (AvgIpc) is 3.24. The summed E-state index contributed by atoms with van der Waals surface area (Å²) in [4.78, 5) is 11.0. The van der Waals surface area contributed by atoms with Crippen LogP contribution in [-0.2, 0) is 13.0 Å². The van der Waals surface area contributed by atoms with E-state index in [0.29, 0.717) is 11.5 Å². The molecule has 3 rings (SSSR count). The van der Waals surface area contributed by atoms with Crippen molar-refractivity contribution in [2.24, 2.45) is 5.92 Å². The third-order valence-corrected chi connectivity index (χ3v) is 4.17. The molecule has 1 aliphatic rings. The molecular weight excluding hydrogens is 304 g/mol. The molecule has 7 nitrogen and oxygen atoms in total. The third kappa shape index (κ3) is 4.30. The fourth-order valence-corrected chi connectivity index (χ4v) is 2.91. The Morgan fingerprint density at radius 2 is 2.38 bits per heavy atom. The Bertz CT molecular complexity index is 690. The summed E-state index contributed by atoms with van der Waals surface area (Å²) in [6, 6.07) is 5.70. The highest BCUT2D eigenvalue weighted by atomic mass is 16.5. The number of aryl methyl sites for hydroxylation is 1. The van der Waals surface area contributed by atoms with Crippen LogP contribution in [0.2, 0.25) is 0 Å². The van der Waals surface area contributed by atoms with Crippen LogP contribution < -0.4 is 5.32 Å². The van der Waals surface area contributed by atoms with Gasteiger partial charge in [-0.15, -0.1) is 0 Å². The van der Waals surface area contributed by atoms with Crippen LogP contribution >= 0.6 is 0 Å². The molecule has 0 unspecified atom stereocenters. The number of likely N-dealkylation sites (tertiary alicyclic amines) is 1. The summed E-state index contributed by atoms with van der Waals surface area (Å²) < 4.78 is 5.24. The van der Waals surface area contributed by atoms with Crippen LogP contribution in [0.15, 0.2) is 22.9 Å². The molecule has 0 radical (unpaired) electrons. The van der Waals surface area contributed by atoms with E-state index < -0.39 is 0 Å². The van der Waals surface area contributed by atoms with Crippen molar-refractivity contribution in [2.45, 2.75) is 32.7 Å². The SMILES string of the molecule is CCCc1nc(CN2CC[C@H](CNc3ccc(C#N)cn3)C2)no1. The normalized spacial score (nSPS) is 17.8. The zero-order valence-corrected chi connectivity index (χ0v) is 13.9. The summed E-state index contributed by atoms with van der Waals surface area (Å²) in [5.74, 6) is 2.90. The van der Waals surface area contributed by atoms with E-state index in [1.54, 1.807) is 12.3 Å². The van der Waals surface area contributed by atoms with Crippen LogP contribution in [0.25, 0.3) is 0 Å². The fourth-order valence-electron chi connectivity index (χ4n) is 2.91. The fraction of sp³-hybridized carbons (Fsp3) is 0.529. The van der Waals surface area contributed by atoms with Crippen LogP contribution in [0, 0.1) is 17.2 Å². The van der Waals surface area contributed by atoms with Gasteiger partial charge in [-0.1, -0.05) is 12.1 Å². The molecule has 0 saturated carbocycles. The maximum absolute atomic E-state index is 8.78. The second-order valence-corrected chi connectivity index (χ2v) is 6.17. The van der Waals surface area contributed by atoms with Crippen molar-refractivity contribution >= 4 is 5.82 Å². The van der Waals surface area contributed by atoms with Crippen molar-refractivity contribution in [3.8, 4) is 6.07 Å². The molecule has 0 spiro atoms. The molecule has 7 heteroatoms. The van der Waals surface area contributed by atoms with Gasteiger partial charge < -0.3 is 9.84 Å². The first kappa shape index (κ1) is 16.4. The molecule has 2 aromatic heterocycles. The molecule has 1 fully saturated rings. The summed E-state index contributed by atoms with van der Waals surface area (Å²) in [6.45, 7) is 5.79. The van der Waals surface area contributed by atoms with E-state index in [4.69, 9.17) is 9.78 Å². The van der Waals surface area contributed by atoms with Gasteiger partial charge in [0.15, 0.2) is 5.82 Å². The Labute approximate surface area is 141 Å². The lowest BCUT2D eigenvalue weighted by atomic mass is 10.1. The minimum Gasteiger partial charge on any atom is -0.370 e. The van der Waals surface area contributed by atoms with E-state index in [1.165, 1.54) is 0 Å². The van der Waals surface area contributed by atoms with Gasteiger partial charge in [0.05, 0.1) is 12.1 Å². The second kappa shape index (κ2) is 7.88. The molecule has 126 valence electrons. The van der Waals surface area contributed by atoms with Gasteiger partial charge >= 0.3 is 0 Å². The van der Waals surface area contributed by atoms with Crippen LogP contribution in [0.4, 0.5) is 5.82 Å². The smallest absolute Gasteiger partial charge is 0.226 e. The van der Waals surface area contributed by atoms with Crippen LogP contribution in [0.3, 0.4) is 0 Å². The van der Waals surface area contributed by atoms with Gasteiger partial charge in [0, 0.05) is 25.7 Å². The predicted molar refractivity (Wildman–Crippen MR) is 89.1 cm³/mol. The molecule has 0 aliphatic carbocycles. The van der Waals surface area contributed by atoms with Crippen molar-refractivity contribution in [2.75, 3.05) is 25.0 Å². The van der Waals surface area contributed by atoms with Gasteiger partial charge in [0.1, 0.15) is 11.9 Å². The van der Waals surface area contributed by atoms with Gasteiger partial charge in [-0.3, -0.25) is 4.90 Å². The first-order chi connectivity index (χ1) is 11.8. The lowest BCUT2D eigenvalue weighted by Gasteiger charge is -2.14. The van der Waals surface area contributed by atoms with Gasteiger partial charge in [0.25, 0.3) is 0 Å². The lowest BCUT2D eigenvalue weighted by molar-refractivity contribution is 0.300. The van der Waals surface area contributed by atoms with Crippen molar-refractivity contribution in [3.63, 3.8) is 0 Å². The number of anilines is 1. The number of hydrogen-bond acceptors (Lipinski definition) is 7. The van der Waals surface area contributed by atoms with Crippen LogP contribution in [0.5, 0.6) is 0 Å². The third-order valence-electron chi connectivity index (χ3n) is 4.17. The highest BCUT2D eigenvalue weighted by Crippen LogP contribution is 2.18. The molecule has 24 heavy (non-hydrogen) atoms. The number of pyridine rings is 1. The van der Waals surface area contributed by atoms with Crippen molar-refractivity contribution in [1.82, 2.24) is 20.0 Å². The molecule has 1 atom stereocenters. The van der Waals surface area contributed by atoms with Crippen molar-refractivity contribution in [3.05, 3.63) is 35.6 Å². The standard InChI is InChI=1S/C17H22N6O/c1-2-3-17-21-16(22-24-17)12-23-7-6-14(11-23)10-20-15-5-4-13(8-18)9-19-15/h4-5,9,14H,2-3,6-7,10-12H2,1H3,(H,19,20)/t14-/m1/s1. The minimum absolute atomic E-state index is 0.574. The van der Waals surface area contributed by atoms with E-state index in [2.05, 4.69) is 38.3 Å². The number of nitrogens with one attached hydrogen (secondary N) is 1. The maximum atomic E-state index is 8.78. The monoisotopic (exact) mass is 326 g/mol. The molecule has 0 bridgehead atoms. The predicted octanol–water partition coefficient (Wildman–Crippen LogP) is 2.22. The quantitative estimate of drug-likeness (QED) is 0.834. The average molecular weight is 326 g/mol. The van der Waals surface area contributed by atoms with E-state index in [-0.39, 0.29) is 0 Å². The molecular formula is C17H22N6O. The summed E-state index contributed by atoms with van der Waals surface area (Å²) in [5, 5.41) is 16.2. The Morgan fingerprint density at radius 3 is 3.12 bits per heavy atom. The number of hydrogen-bond donors (Lipinski definition) is 1. The first-order valence-corrected chi connectivity index (χ1v) is 8.40. The minimum atomic E-state index is 0.574. The number of nitriles is 1. The highest BCUT2D eigenvalue weighted by Gasteiger charge is 2.23. The molecule has 3 heterocycles. The number of rotatable bonds is 7. The largest absolute Gasteiger partial charge is 0.370 e. The van der Waals surface area contributed by atoms with Crippen LogP contribution in [-0.4, -0.2) is 39.7 Å². The molecule has 2 aromatic rings. The lowest BCUT2D eigenvalue weighted by Crippen LogP contribution is -2.23. The van der Waals surface area contributed by atoms with E-state index in [0.717, 1.165) is 63.0 Å².